The molecule has 0 aliphatic heterocycles. The third-order valence-corrected chi connectivity index (χ3v) is 3.75. The van der Waals surface area contributed by atoms with Crippen LogP contribution in [0.1, 0.15) is 46.0 Å². The van der Waals surface area contributed by atoms with Crippen LogP contribution in [0.15, 0.2) is 0 Å². The van der Waals surface area contributed by atoms with Gasteiger partial charge in [-0.3, -0.25) is 9.59 Å². The van der Waals surface area contributed by atoms with Crippen LogP contribution in [-0.2, 0) is 16.6 Å². The molecule has 0 N–H and O–H groups in total. The first-order valence-corrected chi connectivity index (χ1v) is 6.79. The molecule has 0 saturated carbocycles. The van der Waals surface area contributed by atoms with Crippen molar-refractivity contribution in [1.82, 2.24) is 9.47 Å². The smallest absolute Gasteiger partial charge is 0.354 e. The minimum atomic E-state index is -0.476. The molecular weight excluding hydrogens is 272 g/mol. The Bertz CT molecular complexity index is 587. The Morgan fingerprint density at radius 2 is 1.81 bits per heavy atom. The van der Waals surface area contributed by atoms with E-state index in [4.69, 9.17) is 4.74 Å². The molecular formula is C15H22N2O4. The maximum atomic E-state index is 12.5. The molecule has 1 heterocycles. The Balaban J connectivity index is 3.23. The largest absolute Gasteiger partial charge is 0.464 e. The fourth-order valence-electron chi connectivity index (χ4n) is 2.47. The highest BCUT2D eigenvalue weighted by Crippen LogP contribution is 2.22. The molecule has 0 atom stereocenters. The standard InChI is InChI=1S/C15H22N2O4/c1-7-17(11(4)18)8-12(19)13-9(2)14(15(20)21-6)16(5)10(13)3/h7-8H2,1-6H3. The number of hydrogen-bond donors (Lipinski definition) is 0. The van der Waals surface area contributed by atoms with Gasteiger partial charge in [0.2, 0.25) is 5.91 Å². The first kappa shape index (κ1) is 16.9. The first-order chi connectivity index (χ1) is 9.76. The predicted molar refractivity (Wildman–Crippen MR) is 78.5 cm³/mol. The van der Waals surface area contributed by atoms with E-state index in [-0.39, 0.29) is 18.2 Å². The van der Waals surface area contributed by atoms with E-state index in [0.717, 1.165) is 0 Å². The number of esters is 1. The average molecular weight is 294 g/mol. The molecule has 0 unspecified atom stereocenters. The Labute approximate surface area is 124 Å². The van der Waals surface area contributed by atoms with Crippen LogP contribution in [0.25, 0.3) is 0 Å². The van der Waals surface area contributed by atoms with E-state index in [1.54, 1.807) is 25.5 Å². The zero-order valence-corrected chi connectivity index (χ0v) is 13.4. The average Bonchev–Trinajstić information content (AvgIpc) is 2.65. The lowest BCUT2D eigenvalue weighted by atomic mass is 10.1. The number of likely N-dealkylation sites (N-methyl/N-ethyl adjacent to an activating group) is 1. The Hall–Kier alpha value is -2.11. The molecule has 0 saturated heterocycles. The summed E-state index contributed by atoms with van der Waals surface area (Å²) in [6.45, 7) is 7.22. The van der Waals surface area contributed by atoms with Gasteiger partial charge in [0.25, 0.3) is 0 Å². The molecule has 0 aliphatic carbocycles. The number of hydrogen-bond acceptors (Lipinski definition) is 4. The van der Waals surface area contributed by atoms with Crippen molar-refractivity contribution >= 4 is 17.7 Å². The minimum absolute atomic E-state index is 0.0120. The SMILES string of the molecule is CCN(CC(=O)c1c(C)c(C(=O)OC)n(C)c1C)C(C)=O. The summed E-state index contributed by atoms with van der Waals surface area (Å²) in [4.78, 5) is 37.2. The van der Waals surface area contributed by atoms with Crippen molar-refractivity contribution in [1.29, 1.82) is 0 Å². The van der Waals surface area contributed by atoms with Crippen molar-refractivity contribution < 1.29 is 19.1 Å². The van der Waals surface area contributed by atoms with Crippen LogP contribution in [0.2, 0.25) is 0 Å². The number of methoxy groups -OCH3 is 1. The van der Waals surface area contributed by atoms with Crippen LogP contribution >= 0.6 is 0 Å². The van der Waals surface area contributed by atoms with E-state index < -0.39 is 5.97 Å². The second kappa shape index (κ2) is 6.56. The third-order valence-electron chi connectivity index (χ3n) is 3.75. The van der Waals surface area contributed by atoms with Crippen LogP contribution in [0.5, 0.6) is 0 Å². The Morgan fingerprint density at radius 1 is 1.24 bits per heavy atom. The van der Waals surface area contributed by atoms with Gasteiger partial charge in [-0.25, -0.2) is 4.79 Å². The van der Waals surface area contributed by atoms with Gasteiger partial charge >= 0.3 is 5.97 Å². The number of carbonyl (C=O) groups is 3. The second-order valence-corrected chi connectivity index (χ2v) is 4.94. The second-order valence-electron chi connectivity index (χ2n) is 4.94. The summed E-state index contributed by atoms with van der Waals surface area (Å²) >= 11 is 0. The number of aromatic nitrogens is 1. The van der Waals surface area contributed by atoms with Crippen molar-refractivity contribution in [3.63, 3.8) is 0 Å². The van der Waals surface area contributed by atoms with Crippen LogP contribution in [0, 0.1) is 13.8 Å². The van der Waals surface area contributed by atoms with Crippen LogP contribution < -0.4 is 0 Å². The minimum Gasteiger partial charge on any atom is -0.464 e. The maximum Gasteiger partial charge on any atom is 0.354 e. The van der Waals surface area contributed by atoms with Gasteiger partial charge < -0.3 is 14.2 Å². The topological polar surface area (TPSA) is 68.6 Å². The van der Waals surface area contributed by atoms with E-state index in [0.29, 0.717) is 29.1 Å². The number of nitrogens with zero attached hydrogens (tertiary/aromatic N) is 2. The van der Waals surface area contributed by atoms with Crippen LogP contribution in [0.4, 0.5) is 0 Å². The lowest BCUT2D eigenvalue weighted by molar-refractivity contribution is -0.128. The van der Waals surface area contributed by atoms with Gasteiger partial charge in [0, 0.05) is 31.8 Å². The molecule has 0 aromatic carbocycles. The van der Waals surface area contributed by atoms with E-state index in [9.17, 15) is 14.4 Å². The number of Topliss-reactive ketones (excluding diaryl/α,β-unsaturated/α-hetero) is 1. The summed E-state index contributed by atoms with van der Waals surface area (Å²) in [6, 6.07) is 0. The molecule has 6 nitrogen and oxygen atoms in total. The molecule has 1 aromatic heterocycles. The normalized spacial score (nSPS) is 10.4. The highest BCUT2D eigenvalue weighted by atomic mass is 16.5. The zero-order valence-electron chi connectivity index (χ0n) is 13.4. The molecule has 0 aliphatic rings. The van der Waals surface area contributed by atoms with Crippen molar-refractivity contribution in [2.75, 3.05) is 20.2 Å². The van der Waals surface area contributed by atoms with Gasteiger partial charge in [-0.15, -0.1) is 0 Å². The van der Waals surface area contributed by atoms with Crippen molar-refractivity contribution in [2.45, 2.75) is 27.7 Å². The summed E-state index contributed by atoms with van der Waals surface area (Å²) < 4.78 is 6.40. The number of rotatable bonds is 5. The number of amides is 1. The zero-order chi connectivity index (χ0) is 16.3. The summed E-state index contributed by atoms with van der Waals surface area (Å²) in [6.07, 6.45) is 0. The predicted octanol–water partition coefficient (Wildman–Crippen LogP) is 1.48. The van der Waals surface area contributed by atoms with Gasteiger partial charge in [-0.05, 0) is 26.3 Å². The Kier molecular flexibility index (Phi) is 5.29. The summed E-state index contributed by atoms with van der Waals surface area (Å²) in [5.74, 6) is -0.797. The number of ketones is 1. The summed E-state index contributed by atoms with van der Waals surface area (Å²) in [7, 11) is 3.02. The van der Waals surface area contributed by atoms with E-state index >= 15 is 0 Å². The van der Waals surface area contributed by atoms with Gasteiger partial charge in [0.1, 0.15) is 5.69 Å². The van der Waals surface area contributed by atoms with Gasteiger partial charge in [-0.2, -0.15) is 0 Å². The molecule has 1 rings (SSSR count). The van der Waals surface area contributed by atoms with Crippen molar-refractivity contribution in [3.05, 3.63) is 22.5 Å². The van der Waals surface area contributed by atoms with E-state index in [1.165, 1.54) is 18.9 Å². The van der Waals surface area contributed by atoms with Crippen LogP contribution in [0.3, 0.4) is 0 Å². The fraction of sp³-hybridized carbons (Fsp3) is 0.533. The molecule has 0 radical (unpaired) electrons. The lowest BCUT2D eigenvalue weighted by Gasteiger charge is -2.18. The molecule has 0 spiro atoms. The van der Waals surface area contributed by atoms with Gasteiger partial charge in [-0.1, -0.05) is 0 Å². The van der Waals surface area contributed by atoms with E-state index in [1.807, 2.05) is 6.92 Å². The molecule has 21 heavy (non-hydrogen) atoms. The summed E-state index contributed by atoms with van der Waals surface area (Å²) in [5, 5.41) is 0. The lowest BCUT2D eigenvalue weighted by Crippen LogP contribution is -2.34. The molecule has 1 amide bonds. The molecule has 6 heteroatoms. The Morgan fingerprint density at radius 3 is 2.24 bits per heavy atom. The third kappa shape index (κ3) is 3.15. The monoisotopic (exact) mass is 294 g/mol. The molecule has 0 bridgehead atoms. The van der Waals surface area contributed by atoms with Gasteiger partial charge in [0.05, 0.1) is 13.7 Å². The maximum absolute atomic E-state index is 12.5. The fourth-order valence-corrected chi connectivity index (χ4v) is 2.47. The molecule has 1 aromatic rings. The quantitative estimate of drug-likeness (QED) is 0.609. The van der Waals surface area contributed by atoms with Crippen molar-refractivity contribution in [3.8, 4) is 0 Å². The first-order valence-electron chi connectivity index (χ1n) is 6.79. The molecule has 116 valence electrons. The number of carbonyl (C=O) groups excluding carboxylic acids is 3. The highest BCUT2D eigenvalue weighted by Gasteiger charge is 2.26. The summed E-state index contributed by atoms with van der Waals surface area (Å²) in [5.41, 5.74) is 2.13. The highest BCUT2D eigenvalue weighted by molar-refractivity contribution is 6.04. The van der Waals surface area contributed by atoms with Crippen LogP contribution in [-0.4, -0.2) is 47.3 Å². The van der Waals surface area contributed by atoms with Crippen molar-refractivity contribution in [2.24, 2.45) is 7.05 Å². The van der Waals surface area contributed by atoms with Gasteiger partial charge in [0.15, 0.2) is 5.78 Å². The molecule has 0 fully saturated rings. The number of ether oxygens (including phenoxy) is 1. The van der Waals surface area contributed by atoms with E-state index in [2.05, 4.69) is 0 Å².